The van der Waals surface area contributed by atoms with Gasteiger partial charge >= 0.3 is 0 Å². The van der Waals surface area contributed by atoms with Crippen LogP contribution in [0.4, 0.5) is 11.6 Å². The van der Waals surface area contributed by atoms with Crippen molar-refractivity contribution in [2.75, 3.05) is 30.3 Å². The van der Waals surface area contributed by atoms with Crippen molar-refractivity contribution in [2.45, 2.75) is 19.3 Å². The van der Waals surface area contributed by atoms with E-state index in [9.17, 15) is 10.1 Å². The number of para-hydroxylation sites is 2. The second-order valence-corrected chi connectivity index (χ2v) is 6.57. The Hall–Kier alpha value is -3.60. The minimum Gasteiger partial charge on any atom is -0.437 e. The third-order valence-corrected chi connectivity index (χ3v) is 4.66. The summed E-state index contributed by atoms with van der Waals surface area (Å²) < 4.78 is 5.75. The number of fused-ring (bicyclic) bond motifs is 1. The molecule has 142 valence electrons. The van der Waals surface area contributed by atoms with Gasteiger partial charge in [0.15, 0.2) is 5.75 Å². The summed E-state index contributed by atoms with van der Waals surface area (Å²) in [6.07, 6.45) is 4.02. The summed E-state index contributed by atoms with van der Waals surface area (Å²) in [6.45, 7) is 2.22. The molecule has 2 N–H and O–H groups in total. The summed E-state index contributed by atoms with van der Waals surface area (Å²) in [6, 6.07) is 11.3. The predicted molar refractivity (Wildman–Crippen MR) is 104 cm³/mol. The van der Waals surface area contributed by atoms with Crippen LogP contribution in [0, 0.1) is 11.3 Å². The molecule has 0 radical (unpaired) electrons. The van der Waals surface area contributed by atoms with Crippen LogP contribution in [0.5, 0.6) is 5.75 Å². The topological polar surface area (TPSA) is 103 Å². The monoisotopic (exact) mass is 376 g/mol. The molecule has 0 unspecified atom stereocenters. The summed E-state index contributed by atoms with van der Waals surface area (Å²) in [4.78, 5) is 22.2. The number of carbonyl (C=O) groups excluding carboxylic acids is 1. The van der Waals surface area contributed by atoms with Gasteiger partial charge in [0.1, 0.15) is 11.6 Å². The molecule has 1 saturated heterocycles. The van der Waals surface area contributed by atoms with Gasteiger partial charge in [-0.3, -0.25) is 4.79 Å². The molecule has 2 aliphatic rings. The molecule has 0 bridgehead atoms. The summed E-state index contributed by atoms with van der Waals surface area (Å²) >= 11 is 0. The first-order chi connectivity index (χ1) is 13.7. The van der Waals surface area contributed by atoms with Gasteiger partial charge in [-0.2, -0.15) is 5.26 Å². The average Bonchev–Trinajstić information content (AvgIpc) is 3.32. The molecule has 3 heterocycles. The third kappa shape index (κ3) is 3.74. The highest BCUT2D eigenvalue weighted by Gasteiger charge is 2.22. The molecule has 1 fully saturated rings. The molecule has 8 nitrogen and oxygen atoms in total. The van der Waals surface area contributed by atoms with Crippen molar-refractivity contribution in [3.63, 3.8) is 0 Å². The number of ether oxygens (including phenoxy) is 1. The van der Waals surface area contributed by atoms with Crippen LogP contribution in [-0.2, 0) is 4.79 Å². The number of nitrogens with one attached hydrogen (secondary N) is 2. The number of hydrogen-bond donors (Lipinski definition) is 2. The van der Waals surface area contributed by atoms with Crippen LogP contribution in [0.15, 0.2) is 42.4 Å². The standard InChI is InChI=1S/C20H20N6O2/c21-13-14(19-24-16-5-1-2-6-17(16)28-19)15-8-10-23-20(25-15)22-9-4-12-26-11-3-7-18(26)27/h1-2,5-6,8,10,24H,3-4,7,9,11-12H2,(H,22,23,25)/b19-14-. The minimum absolute atomic E-state index is 0.230. The molecule has 28 heavy (non-hydrogen) atoms. The second-order valence-electron chi connectivity index (χ2n) is 6.57. The fraction of sp³-hybridized carbons (Fsp3) is 0.300. The van der Waals surface area contributed by atoms with E-state index >= 15 is 0 Å². The number of allylic oxidation sites excluding steroid dienone is 1. The zero-order valence-electron chi connectivity index (χ0n) is 15.3. The number of rotatable bonds is 6. The van der Waals surface area contributed by atoms with Gasteiger partial charge in [0.25, 0.3) is 0 Å². The first-order valence-electron chi connectivity index (χ1n) is 9.28. The molecule has 2 aromatic rings. The molecule has 8 heteroatoms. The molecule has 0 aliphatic carbocycles. The number of likely N-dealkylation sites (tertiary alicyclic amines) is 1. The van der Waals surface area contributed by atoms with E-state index in [-0.39, 0.29) is 5.91 Å². The van der Waals surface area contributed by atoms with Gasteiger partial charge in [-0.25, -0.2) is 9.97 Å². The number of amides is 1. The third-order valence-electron chi connectivity index (χ3n) is 4.66. The minimum atomic E-state index is 0.230. The Morgan fingerprint density at radius 1 is 1.36 bits per heavy atom. The molecule has 2 aliphatic heterocycles. The van der Waals surface area contributed by atoms with Gasteiger partial charge in [-0.1, -0.05) is 12.1 Å². The fourth-order valence-electron chi connectivity index (χ4n) is 3.25. The Balaban J connectivity index is 1.41. The number of benzene rings is 1. The lowest BCUT2D eigenvalue weighted by Crippen LogP contribution is -2.27. The van der Waals surface area contributed by atoms with Gasteiger partial charge in [0.05, 0.1) is 11.4 Å². The van der Waals surface area contributed by atoms with Gasteiger partial charge in [-0.15, -0.1) is 0 Å². The first kappa shape index (κ1) is 17.8. The van der Waals surface area contributed by atoms with E-state index in [0.29, 0.717) is 41.8 Å². The van der Waals surface area contributed by atoms with Crippen molar-refractivity contribution < 1.29 is 9.53 Å². The number of anilines is 2. The van der Waals surface area contributed by atoms with Gasteiger partial charge in [0, 0.05) is 32.3 Å². The van der Waals surface area contributed by atoms with Crippen molar-refractivity contribution in [1.29, 1.82) is 5.26 Å². The Kier molecular flexibility index (Phi) is 5.06. The van der Waals surface area contributed by atoms with E-state index in [4.69, 9.17) is 4.74 Å². The summed E-state index contributed by atoms with van der Waals surface area (Å²) in [5.41, 5.74) is 1.60. The van der Waals surface area contributed by atoms with Crippen molar-refractivity contribution in [3.05, 3.63) is 48.1 Å². The SMILES string of the molecule is N#C/C(=C1\Nc2ccccc2O1)c1ccnc(NCCCN2CCCC2=O)n1. The highest BCUT2D eigenvalue weighted by atomic mass is 16.5. The summed E-state index contributed by atoms with van der Waals surface area (Å²) in [5.74, 6) is 1.71. The van der Waals surface area contributed by atoms with E-state index in [2.05, 4.69) is 26.7 Å². The number of nitrogens with zero attached hydrogens (tertiary/aromatic N) is 4. The van der Waals surface area contributed by atoms with Crippen molar-refractivity contribution in [1.82, 2.24) is 14.9 Å². The summed E-state index contributed by atoms with van der Waals surface area (Å²) in [7, 11) is 0. The molecule has 4 rings (SSSR count). The van der Waals surface area contributed by atoms with Crippen LogP contribution in [0.3, 0.4) is 0 Å². The molecular weight excluding hydrogens is 356 g/mol. The lowest BCUT2D eigenvalue weighted by molar-refractivity contribution is -0.127. The van der Waals surface area contributed by atoms with Crippen LogP contribution in [0.2, 0.25) is 0 Å². The maximum absolute atomic E-state index is 11.6. The van der Waals surface area contributed by atoms with E-state index < -0.39 is 0 Å². The quantitative estimate of drug-likeness (QED) is 0.590. The average molecular weight is 376 g/mol. The van der Waals surface area contributed by atoms with E-state index in [1.54, 1.807) is 12.3 Å². The molecule has 1 aromatic carbocycles. The van der Waals surface area contributed by atoms with Crippen molar-refractivity contribution in [2.24, 2.45) is 0 Å². The Morgan fingerprint density at radius 3 is 3.04 bits per heavy atom. The maximum atomic E-state index is 11.6. The van der Waals surface area contributed by atoms with Gasteiger partial charge < -0.3 is 20.3 Å². The number of hydrogen-bond acceptors (Lipinski definition) is 7. The van der Waals surface area contributed by atoms with Gasteiger partial charge in [0.2, 0.25) is 17.7 Å². The van der Waals surface area contributed by atoms with Crippen LogP contribution in [-0.4, -0.2) is 40.4 Å². The lowest BCUT2D eigenvalue weighted by Gasteiger charge is -2.15. The van der Waals surface area contributed by atoms with Gasteiger partial charge in [-0.05, 0) is 31.0 Å². The van der Waals surface area contributed by atoms with E-state index in [1.165, 1.54) is 0 Å². The highest BCUT2D eigenvalue weighted by molar-refractivity contribution is 5.81. The Bertz CT molecular complexity index is 938. The molecule has 0 saturated carbocycles. The Labute approximate surface area is 162 Å². The molecule has 0 spiro atoms. The lowest BCUT2D eigenvalue weighted by atomic mass is 10.2. The normalized spacial score (nSPS) is 16.8. The number of carbonyl (C=O) groups is 1. The Morgan fingerprint density at radius 2 is 2.25 bits per heavy atom. The fourth-order valence-corrected chi connectivity index (χ4v) is 3.25. The summed E-state index contributed by atoms with van der Waals surface area (Å²) in [5, 5.41) is 15.9. The number of nitriles is 1. The smallest absolute Gasteiger partial charge is 0.223 e. The van der Waals surface area contributed by atoms with Crippen LogP contribution in [0.25, 0.3) is 5.57 Å². The predicted octanol–water partition coefficient (Wildman–Crippen LogP) is 2.60. The van der Waals surface area contributed by atoms with Crippen molar-refractivity contribution >= 4 is 23.1 Å². The number of aromatic nitrogens is 2. The maximum Gasteiger partial charge on any atom is 0.223 e. The first-order valence-corrected chi connectivity index (χ1v) is 9.28. The highest BCUT2D eigenvalue weighted by Crippen LogP contribution is 2.35. The van der Waals surface area contributed by atoms with Crippen LogP contribution < -0.4 is 15.4 Å². The zero-order valence-corrected chi connectivity index (χ0v) is 15.3. The van der Waals surface area contributed by atoms with E-state index in [1.807, 2.05) is 29.2 Å². The van der Waals surface area contributed by atoms with Crippen molar-refractivity contribution in [3.8, 4) is 11.8 Å². The van der Waals surface area contributed by atoms with Crippen LogP contribution >= 0.6 is 0 Å². The van der Waals surface area contributed by atoms with Crippen LogP contribution in [0.1, 0.15) is 25.0 Å². The molecule has 1 amide bonds. The zero-order chi connectivity index (χ0) is 19.3. The molecule has 0 atom stereocenters. The molecular formula is C20H20N6O2. The second kappa shape index (κ2) is 7.96. The molecule has 1 aromatic heterocycles. The largest absolute Gasteiger partial charge is 0.437 e. The van der Waals surface area contributed by atoms with E-state index in [0.717, 1.165) is 31.6 Å².